The molecule has 0 amide bonds. The van der Waals surface area contributed by atoms with Gasteiger partial charge < -0.3 is 0 Å². The summed E-state index contributed by atoms with van der Waals surface area (Å²) in [7, 11) is 0. The Labute approximate surface area is 162 Å². The van der Waals surface area contributed by atoms with Gasteiger partial charge in [-0.3, -0.25) is 4.98 Å². The minimum absolute atomic E-state index is 0.0450. The fourth-order valence-electron chi connectivity index (χ4n) is 5.65. The third kappa shape index (κ3) is 3.32. The standard InChI is InChI=1S/C24H27N3/c25-16-19-8-1-3-10-22(19)24(17-26)14-6-5-9-20(24)15-21-13-12-18-7-2-4-11-23(18)27-21/h2,4,7,11-13,19-20,22H,1,3,5-6,8-10,14-15H2. The third-order valence-corrected chi connectivity index (χ3v) is 7.03. The molecule has 0 spiro atoms. The van der Waals surface area contributed by atoms with Gasteiger partial charge in [-0.15, -0.1) is 0 Å². The summed E-state index contributed by atoms with van der Waals surface area (Å²) in [6.07, 6.45) is 9.48. The third-order valence-electron chi connectivity index (χ3n) is 7.03. The van der Waals surface area contributed by atoms with Crippen molar-refractivity contribution in [2.45, 2.75) is 57.8 Å². The molecule has 0 aliphatic heterocycles. The van der Waals surface area contributed by atoms with Crippen molar-refractivity contribution in [1.82, 2.24) is 4.98 Å². The van der Waals surface area contributed by atoms with E-state index in [0.29, 0.717) is 5.92 Å². The van der Waals surface area contributed by atoms with Crippen LogP contribution in [-0.4, -0.2) is 4.98 Å². The van der Waals surface area contributed by atoms with E-state index in [1.807, 2.05) is 12.1 Å². The summed E-state index contributed by atoms with van der Waals surface area (Å²) in [4.78, 5) is 4.88. The number of nitriles is 2. The van der Waals surface area contributed by atoms with Gasteiger partial charge in [-0.25, -0.2) is 0 Å². The molecule has 0 saturated heterocycles. The maximum Gasteiger partial charge on any atom is 0.0705 e. The molecular weight excluding hydrogens is 330 g/mol. The van der Waals surface area contributed by atoms with E-state index in [4.69, 9.17) is 4.98 Å². The molecule has 3 nitrogen and oxygen atoms in total. The Balaban J connectivity index is 1.66. The average molecular weight is 358 g/mol. The summed E-state index contributed by atoms with van der Waals surface area (Å²) < 4.78 is 0. The van der Waals surface area contributed by atoms with Crippen LogP contribution in [0.25, 0.3) is 10.9 Å². The van der Waals surface area contributed by atoms with Crippen molar-refractivity contribution < 1.29 is 0 Å². The van der Waals surface area contributed by atoms with Gasteiger partial charge in [0, 0.05) is 11.1 Å². The van der Waals surface area contributed by atoms with E-state index in [0.717, 1.165) is 68.0 Å². The van der Waals surface area contributed by atoms with Gasteiger partial charge in [-0.2, -0.15) is 10.5 Å². The number of rotatable bonds is 3. The van der Waals surface area contributed by atoms with Crippen LogP contribution in [0.2, 0.25) is 0 Å². The van der Waals surface area contributed by atoms with Crippen molar-refractivity contribution in [2.75, 3.05) is 0 Å². The fraction of sp³-hybridized carbons (Fsp3) is 0.542. The van der Waals surface area contributed by atoms with Crippen molar-refractivity contribution >= 4 is 10.9 Å². The van der Waals surface area contributed by atoms with Crippen molar-refractivity contribution in [1.29, 1.82) is 10.5 Å². The lowest BCUT2D eigenvalue weighted by atomic mass is 9.54. The summed E-state index contributed by atoms with van der Waals surface area (Å²) in [6.45, 7) is 0. The number of hydrogen-bond acceptors (Lipinski definition) is 3. The second-order valence-corrected chi connectivity index (χ2v) is 8.42. The minimum atomic E-state index is -0.355. The van der Waals surface area contributed by atoms with Crippen LogP contribution in [0.4, 0.5) is 0 Å². The Morgan fingerprint density at radius 3 is 2.63 bits per heavy atom. The van der Waals surface area contributed by atoms with E-state index >= 15 is 0 Å². The first kappa shape index (κ1) is 18.0. The van der Waals surface area contributed by atoms with Gasteiger partial charge in [0.15, 0.2) is 0 Å². The monoisotopic (exact) mass is 357 g/mol. The molecule has 2 saturated carbocycles. The van der Waals surface area contributed by atoms with Crippen molar-refractivity contribution in [3.8, 4) is 12.1 Å². The molecule has 138 valence electrons. The molecule has 0 bridgehead atoms. The van der Waals surface area contributed by atoms with Gasteiger partial charge in [0.1, 0.15) is 0 Å². The number of hydrogen-bond donors (Lipinski definition) is 0. The molecular formula is C24H27N3. The molecule has 1 heterocycles. The van der Waals surface area contributed by atoms with Gasteiger partial charge in [0.05, 0.1) is 29.0 Å². The largest absolute Gasteiger partial charge is 0.253 e. The molecule has 1 aromatic heterocycles. The van der Waals surface area contributed by atoms with E-state index in [9.17, 15) is 10.5 Å². The zero-order valence-electron chi connectivity index (χ0n) is 15.9. The van der Waals surface area contributed by atoms with Crippen LogP contribution < -0.4 is 0 Å². The molecule has 3 heteroatoms. The highest BCUT2D eigenvalue weighted by molar-refractivity contribution is 5.78. The van der Waals surface area contributed by atoms with E-state index in [1.54, 1.807) is 0 Å². The van der Waals surface area contributed by atoms with Gasteiger partial charge in [0.2, 0.25) is 0 Å². The Bertz CT molecular complexity index is 890. The molecule has 4 atom stereocenters. The van der Waals surface area contributed by atoms with Crippen LogP contribution in [-0.2, 0) is 6.42 Å². The molecule has 1 aromatic carbocycles. The van der Waals surface area contributed by atoms with Gasteiger partial charge in [-0.1, -0.05) is 49.9 Å². The molecule has 2 fully saturated rings. The smallest absolute Gasteiger partial charge is 0.0705 e. The van der Waals surface area contributed by atoms with Gasteiger partial charge in [-0.05, 0) is 56.1 Å². The summed E-state index contributed by atoms with van der Waals surface area (Å²) >= 11 is 0. The van der Waals surface area contributed by atoms with Crippen molar-refractivity contribution in [3.63, 3.8) is 0 Å². The number of fused-ring (bicyclic) bond motifs is 1. The number of benzene rings is 1. The average Bonchev–Trinajstić information content (AvgIpc) is 2.74. The number of para-hydroxylation sites is 1. The van der Waals surface area contributed by atoms with Crippen LogP contribution in [0.15, 0.2) is 36.4 Å². The minimum Gasteiger partial charge on any atom is -0.253 e. The Kier molecular flexibility index (Phi) is 5.13. The van der Waals surface area contributed by atoms with E-state index in [2.05, 4.69) is 36.4 Å². The van der Waals surface area contributed by atoms with Crippen LogP contribution >= 0.6 is 0 Å². The van der Waals surface area contributed by atoms with Crippen LogP contribution in [0.5, 0.6) is 0 Å². The fourth-order valence-corrected chi connectivity index (χ4v) is 5.65. The molecule has 2 aromatic rings. The van der Waals surface area contributed by atoms with E-state index < -0.39 is 0 Å². The van der Waals surface area contributed by atoms with Crippen LogP contribution in [0.1, 0.15) is 57.1 Å². The first-order chi connectivity index (χ1) is 13.3. The Morgan fingerprint density at radius 1 is 0.963 bits per heavy atom. The maximum absolute atomic E-state index is 10.3. The van der Waals surface area contributed by atoms with Gasteiger partial charge >= 0.3 is 0 Å². The molecule has 0 radical (unpaired) electrons. The predicted octanol–water partition coefficient (Wildman–Crippen LogP) is 5.81. The maximum atomic E-state index is 10.3. The van der Waals surface area contributed by atoms with Crippen LogP contribution in [0.3, 0.4) is 0 Å². The highest BCUT2D eigenvalue weighted by Gasteiger charge is 2.50. The SMILES string of the molecule is N#CC1CCCCC1C1(C#N)CCCCC1Cc1ccc2ccccc2n1. The summed E-state index contributed by atoms with van der Waals surface area (Å²) in [6, 6.07) is 17.8. The van der Waals surface area contributed by atoms with E-state index in [-0.39, 0.29) is 17.3 Å². The topological polar surface area (TPSA) is 60.5 Å². The zero-order valence-corrected chi connectivity index (χ0v) is 15.9. The molecule has 27 heavy (non-hydrogen) atoms. The molecule has 2 aliphatic carbocycles. The van der Waals surface area contributed by atoms with Gasteiger partial charge in [0.25, 0.3) is 0 Å². The normalized spacial score (nSPS) is 31.1. The first-order valence-electron chi connectivity index (χ1n) is 10.4. The molecule has 0 N–H and O–H groups in total. The number of nitrogens with zero attached hydrogens (tertiary/aromatic N) is 3. The zero-order chi connectivity index (χ0) is 18.7. The highest BCUT2D eigenvalue weighted by atomic mass is 14.7. The molecule has 4 unspecified atom stereocenters. The van der Waals surface area contributed by atoms with Crippen molar-refractivity contribution in [2.24, 2.45) is 23.2 Å². The lowest BCUT2D eigenvalue weighted by Gasteiger charge is -2.47. The van der Waals surface area contributed by atoms with Crippen molar-refractivity contribution in [3.05, 3.63) is 42.1 Å². The first-order valence-corrected chi connectivity index (χ1v) is 10.4. The molecule has 4 rings (SSSR count). The Morgan fingerprint density at radius 2 is 1.78 bits per heavy atom. The second kappa shape index (κ2) is 7.69. The summed E-state index contributed by atoms with van der Waals surface area (Å²) in [5.74, 6) is 0.583. The highest BCUT2D eigenvalue weighted by Crippen LogP contribution is 2.53. The van der Waals surface area contributed by atoms with Crippen LogP contribution in [0, 0.1) is 45.8 Å². The Hall–Kier alpha value is -2.39. The summed E-state index contributed by atoms with van der Waals surface area (Å²) in [5, 5.41) is 21.2. The quantitative estimate of drug-likeness (QED) is 0.696. The summed E-state index contributed by atoms with van der Waals surface area (Å²) in [5.41, 5.74) is 1.76. The number of pyridine rings is 1. The lowest BCUT2D eigenvalue weighted by molar-refractivity contribution is 0.0380. The number of aromatic nitrogens is 1. The van der Waals surface area contributed by atoms with E-state index in [1.165, 1.54) is 6.42 Å². The molecule has 2 aliphatic rings. The lowest BCUT2D eigenvalue weighted by Crippen LogP contribution is -2.44. The predicted molar refractivity (Wildman–Crippen MR) is 107 cm³/mol. The second-order valence-electron chi connectivity index (χ2n) is 8.42.